The van der Waals surface area contributed by atoms with Crippen LogP contribution < -0.4 is 0 Å². The molecule has 1 atom stereocenters. The second-order valence-corrected chi connectivity index (χ2v) is 4.17. The number of carbonyl (C=O) groups is 1. The van der Waals surface area contributed by atoms with E-state index in [1.165, 1.54) is 0 Å². The zero-order chi connectivity index (χ0) is 12.8. The maximum Gasteiger partial charge on any atom is 0.308 e. The van der Waals surface area contributed by atoms with Crippen molar-refractivity contribution in [3.05, 3.63) is 29.3 Å². The Morgan fingerprint density at radius 2 is 2.12 bits per heavy atom. The molecule has 1 rings (SSSR count). The van der Waals surface area contributed by atoms with E-state index in [2.05, 4.69) is 0 Å². The van der Waals surface area contributed by atoms with E-state index in [-0.39, 0.29) is 11.9 Å². The van der Waals surface area contributed by atoms with E-state index in [4.69, 9.17) is 4.74 Å². The molecule has 0 saturated heterocycles. The van der Waals surface area contributed by atoms with Crippen LogP contribution in [0.25, 0.3) is 0 Å². The molecule has 0 aliphatic rings. The Hall–Kier alpha value is -1.51. The molecule has 0 aromatic heterocycles. The minimum atomic E-state index is -0.188. The van der Waals surface area contributed by atoms with Gasteiger partial charge in [0.2, 0.25) is 0 Å². The summed E-state index contributed by atoms with van der Waals surface area (Å²) < 4.78 is 4.95. The number of phenolic OH excluding ortho intramolecular Hbond substituents is 1. The van der Waals surface area contributed by atoms with Crippen LogP contribution in [0.15, 0.2) is 18.2 Å². The van der Waals surface area contributed by atoms with Gasteiger partial charge in [0, 0.05) is 0 Å². The summed E-state index contributed by atoms with van der Waals surface area (Å²) in [7, 11) is 0. The van der Waals surface area contributed by atoms with Crippen molar-refractivity contribution in [1.29, 1.82) is 0 Å². The zero-order valence-electron chi connectivity index (χ0n) is 10.7. The third-order valence-electron chi connectivity index (χ3n) is 2.76. The molecular formula is C14H20O3. The normalized spacial score (nSPS) is 12.2. The van der Waals surface area contributed by atoms with Gasteiger partial charge in [-0.05, 0) is 37.0 Å². The van der Waals surface area contributed by atoms with Crippen LogP contribution in [0.4, 0.5) is 0 Å². The SMILES string of the molecule is CCOC(=O)C(C)Cc1ccc(CC)c(O)c1. The number of esters is 1. The van der Waals surface area contributed by atoms with Crippen molar-refractivity contribution in [2.24, 2.45) is 5.92 Å². The highest BCUT2D eigenvalue weighted by Gasteiger charge is 2.15. The first kappa shape index (κ1) is 13.6. The lowest BCUT2D eigenvalue weighted by atomic mass is 9.99. The summed E-state index contributed by atoms with van der Waals surface area (Å²) in [4.78, 5) is 11.5. The topological polar surface area (TPSA) is 46.5 Å². The van der Waals surface area contributed by atoms with E-state index < -0.39 is 0 Å². The Labute approximate surface area is 102 Å². The Balaban J connectivity index is 2.68. The van der Waals surface area contributed by atoms with Gasteiger partial charge < -0.3 is 9.84 Å². The molecule has 0 fully saturated rings. The van der Waals surface area contributed by atoms with Crippen molar-refractivity contribution in [1.82, 2.24) is 0 Å². The Kier molecular flexibility index (Phi) is 5.01. The number of hydrogen-bond donors (Lipinski definition) is 1. The smallest absolute Gasteiger partial charge is 0.308 e. The fourth-order valence-electron chi connectivity index (χ4n) is 1.76. The minimum Gasteiger partial charge on any atom is -0.508 e. The second kappa shape index (κ2) is 6.28. The van der Waals surface area contributed by atoms with Crippen LogP contribution >= 0.6 is 0 Å². The van der Waals surface area contributed by atoms with Crippen molar-refractivity contribution < 1.29 is 14.6 Å². The highest BCUT2D eigenvalue weighted by molar-refractivity contribution is 5.72. The number of benzene rings is 1. The number of aromatic hydroxyl groups is 1. The number of hydrogen-bond acceptors (Lipinski definition) is 3. The number of carbonyl (C=O) groups excluding carboxylic acids is 1. The maximum atomic E-state index is 11.5. The van der Waals surface area contributed by atoms with Crippen LogP contribution in [0.5, 0.6) is 5.75 Å². The average molecular weight is 236 g/mol. The standard InChI is InChI=1S/C14H20O3/c1-4-12-7-6-11(9-13(12)15)8-10(3)14(16)17-5-2/h6-7,9-10,15H,4-5,8H2,1-3H3. The lowest BCUT2D eigenvalue weighted by molar-refractivity contribution is -0.147. The Morgan fingerprint density at radius 1 is 1.41 bits per heavy atom. The maximum absolute atomic E-state index is 11.5. The molecule has 1 unspecified atom stereocenters. The molecule has 1 aromatic rings. The van der Waals surface area contributed by atoms with Crippen LogP contribution in [-0.4, -0.2) is 17.7 Å². The van der Waals surface area contributed by atoms with Crippen LogP contribution in [-0.2, 0) is 22.4 Å². The van der Waals surface area contributed by atoms with Gasteiger partial charge in [-0.1, -0.05) is 26.0 Å². The van der Waals surface area contributed by atoms with Gasteiger partial charge in [0.05, 0.1) is 12.5 Å². The minimum absolute atomic E-state index is 0.179. The fourth-order valence-corrected chi connectivity index (χ4v) is 1.76. The molecule has 94 valence electrons. The molecule has 0 aliphatic heterocycles. The first-order valence-corrected chi connectivity index (χ1v) is 6.05. The molecule has 0 spiro atoms. The van der Waals surface area contributed by atoms with Gasteiger partial charge in [-0.15, -0.1) is 0 Å². The van der Waals surface area contributed by atoms with E-state index in [9.17, 15) is 9.90 Å². The molecular weight excluding hydrogens is 216 g/mol. The predicted molar refractivity (Wildman–Crippen MR) is 67.0 cm³/mol. The molecule has 0 aliphatic carbocycles. The first-order valence-electron chi connectivity index (χ1n) is 6.05. The Morgan fingerprint density at radius 3 is 2.65 bits per heavy atom. The summed E-state index contributed by atoms with van der Waals surface area (Å²) in [6, 6.07) is 5.59. The van der Waals surface area contributed by atoms with E-state index >= 15 is 0 Å². The molecule has 0 heterocycles. The summed E-state index contributed by atoms with van der Waals surface area (Å²) in [5.74, 6) is -0.0607. The summed E-state index contributed by atoms with van der Waals surface area (Å²) in [6.45, 7) is 6.04. The van der Waals surface area contributed by atoms with Crippen molar-refractivity contribution in [3.63, 3.8) is 0 Å². The molecule has 0 amide bonds. The van der Waals surface area contributed by atoms with Gasteiger partial charge in [0.1, 0.15) is 5.75 Å². The lowest BCUT2D eigenvalue weighted by Crippen LogP contribution is -2.16. The molecule has 3 heteroatoms. The third kappa shape index (κ3) is 3.77. The van der Waals surface area contributed by atoms with Gasteiger partial charge in [-0.3, -0.25) is 4.79 Å². The molecule has 0 saturated carbocycles. The van der Waals surface area contributed by atoms with E-state index in [0.29, 0.717) is 18.8 Å². The third-order valence-corrected chi connectivity index (χ3v) is 2.76. The van der Waals surface area contributed by atoms with Crippen molar-refractivity contribution in [3.8, 4) is 5.75 Å². The summed E-state index contributed by atoms with van der Waals surface area (Å²) in [5, 5.41) is 9.73. The zero-order valence-corrected chi connectivity index (χ0v) is 10.7. The second-order valence-electron chi connectivity index (χ2n) is 4.17. The molecule has 1 N–H and O–H groups in total. The number of aryl methyl sites for hydroxylation is 1. The molecule has 0 bridgehead atoms. The monoisotopic (exact) mass is 236 g/mol. The van der Waals surface area contributed by atoms with Gasteiger partial charge >= 0.3 is 5.97 Å². The summed E-state index contributed by atoms with van der Waals surface area (Å²) >= 11 is 0. The summed E-state index contributed by atoms with van der Waals surface area (Å²) in [6.07, 6.45) is 1.40. The first-order chi connectivity index (χ1) is 8.08. The summed E-state index contributed by atoms with van der Waals surface area (Å²) in [5.41, 5.74) is 1.89. The van der Waals surface area contributed by atoms with Crippen LogP contribution in [0.1, 0.15) is 31.9 Å². The van der Waals surface area contributed by atoms with E-state index in [0.717, 1.165) is 17.5 Å². The highest BCUT2D eigenvalue weighted by Crippen LogP contribution is 2.21. The average Bonchev–Trinajstić information content (AvgIpc) is 2.29. The van der Waals surface area contributed by atoms with Crippen molar-refractivity contribution in [2.75, 3.05) is 6.61 Å². The van der Waals surface area contributed by atoms with Gasteiger partial charge in [-0.2, -0.15) is 0 Å². The molecule has 1 aromatic carbocycles. The van der Waals surface area contributed by atoms with Crippen LogP contribution in [0, 0.1) is 5.92 Å². The largest absolute Gasteiger partial charge is 0.508 e. The highest BCUT2D eigenvalue weighted by atomic mass is 16.5. The quantitative estimate of drug-likeness (QED) is 0.799. The fraction of sp³-hybridized carbons (Fsp3) is 0.500. The lowest BCUT2D eigenvalue weighted by Gasteiger charge is -2.11. The van der Waals surface area contributed by atoms with Gasteiger partial charge in [0.25, 0.3) is 0 Å². The number of rotatable bonds is 5. The Bertz CT molecular complexity index is 385. The van der Waals surface area contributed by atoms with Gasteiger partial charge in [-0.25, -0.2) is 0 Å². The number of phenols is 1. The molecule has 0 radical (unpaired) electrons. The van der Waals surface area contributed by atoms with Crippen LogP contribution in [0.3, 0.4) is 0 Å². The van der Waals surface area contributed by atoms with Gasteiger partial charge in [0.15, 0.2) is 0 Å². The van der Waals surface area contributed by atoms with E-state index in [1.807, 2.05) is 26.0 Å². The van der Waals surface area contributed by atoms with E-state index in [1.54, 1.807) is 13.0 Å². The number of ether oxygens (including phenoxy) is 1. The van der Waals surface area contributed by atoms with Crippen molar-refractivity contribution in [2.45, 2.75) is 33.6 Å². The molecule has 17 heavy (non-hydrogen) atoms. The van der Waals surface area contributed by atoms with Crippen LogP contribution in [0.2, 0.25) is 0 Å². The molecule has 3 nitrogen and oxygen atoms in total. The van der Waals surface area contributed by atoms with Crippen molar-refractivity contribution >= 4 is 5.97 Å². The predicted octanol–water partition coefficient (Wildman–Crippen LogP) is 2.70.